The van der Waals surface area contributed by atoms with Gasteiger partial charge in [-0.25, -0.2) is 13.9 Å². The predicted molar refractivity (Wildman–Crippen MR) is 86.5 cm³/mol. The number of aromatic nitrogens is 3. The summed E-state index contributed by atoms with van der Waals surface area (Å²) >= 11 is 0. The van der Waals surface area contributed by atoms with Gasteiger partial charge in [0, 0.05) is 25.2 Å². The van der Waals surface area contributed by atoms with Gasteiger partial charge in [-0.3, -0.25) is 9.59 Å². The molecule has 7 nitrogen and oxygen atoms in total. The van der Waals surface area contributed by atoms with Crippen LogP contribution in [0.3, 0.4) is 0 Å². The molecule has 3 aromatic rings. The number of amides is 2. The zero-order valence-corrected chi connectivity index (χ0v) is 13.1. The van der Waals surface area contributed by atoms with E-state index in [0.29, 0.717) is 18.7 Å². The van der Waals surface area contributed by atoms with E-state index in [4.69, 9.17) is 5.73 Å². The summed E-state index contributed by atoms with van der Waals surface area (Å²) < 4.78 is 15.1. The van der Waals surface area contributed by atoms with Crippen molar-refractivity contribution in [2.75, 3.05) is 13.1 Å². The van der Waals surface area contributed by atoms with Crippen molar-refractivity contribution < 1.29 is 14.0 Å². The molecule has 2 aromatic heterocycles. The molecule has 0 unspecified atom stereocenters. The molecule has 8 heteroatoms. The largest absolute Gasteiger partial charge is 0.365 e. The number of fused-ring (bicyclic) bond motifs is 1. The highest BCUT2D eigenvalue weighted by molar-refractivity contribution is 6.00. The average Bonchev–Trinajstić information content (AvgIpc) is 2.99. The molecule has 4 rings (SSSR count). The van der Waals surface area contributed by atoms with E-state index in [0.717, 1.165) is 0 Å². The summed E-state index contributed by atoms with van der Waals surface area (Å²) in [5.74, 6) is -1.19. The highest BCUT2D eigenvalue weighted by Crippen LogP contribution is 2.30. The number of nitrogens with two attached hydrogens (primary N) is 1. The van der Waals surface area contributed by atoms with E-state index in [1.54, 1.807) is 23.1 Å². The normalized spacial score (nSPS) is 14.5. The van der Waals surface area contributed by atoms with Crippen LogP contribution in [0, 0.1) is 5.82 Å². The molecule has 1 saturated heterocycles. The summed E-state index contributed by atoms with van der Waals surface area (Å²) in [5, 5.41) is 4.04. The van der Waals surface area contributed by atoms with Gasteiger partial charge in [0.1, 0.15) is 17.1 Å². The maximum Gasteiger partial charge on any atom is 0.272 e. The molecular formula is C17H14FN5O2. The lowest BCUT2D eigenvalue weighted by Crippen LogP contribution is -2.49. The van der Waals surface area contributed by atoms with Gasteiger partial charge in [-0.1, -0.05) is 18.2 Å². The van der Waals surface area contributed by atoms with Crippen LogP contribution in [0.5, 0.6) is 0 Å². The lowest BCUT2D eigenvalue weighted by Gasteiger charge is -2.39. The fraction of sp³-hybridized carbons (Fsp3) is 0.176. The van der Waals surface area contributed by atoms with E-state index in [-0.39, 0.29) is 34.5 Å². The highest BCUT2D eigenvalue weighted by Gasteiger charge is 2.34. The number of carbonyl (C=O) groups is 2. The molecule has 1 fully saturated rings. The third-order valence-electron chi connectivity index (χ3n) is 4.40. The average molecular weight is 339 g/mol. The van der Waals surface area contributed by atoms with Crippen LogP contribution in [-0.2, 0) is 0 Å². The number of halogens is 1. The first kappa shape index (κ1) is 15.3. The summed E-state index contributed by atoms with van der Waals surface area (Å²) in [7, 11) is 0. The monoisotopic (exact) mass is 339 g/mol. The Morgan fingerprint density at radius 2 is 1.96 bits per heavy atom. The number of hydrogen-bond donors (Lipinski definition) is 1. The van der Waals surface area contributed by atoms with Crippen LogP contribution in [0.15, 0.2) is 42.7 Å². The second-order valence-corrected chi connectivity index (χ2v) is 5.92. The number of hydrogen-bond acceptors (Lipinski definition) is 4. The second-order valence-electron chi connectivity index (χ2n) is 5.92. The minimum absolute atomic E-state index is 0.0266. The van der Waals surface area contributed by atoms with E-state index >= 15 is 0 Å². The summed E-state index contributed by atoms with van der Waals surface area (Å²) in [5.41, 5.74) is 6.57. The van der Waals surface area contributed by atoms with Crippen LogP contribution in [0.25, 0.3) is 5.65 Å². The maximum atomic E-state index is 13.8. The Balaban J connectivity index is 1.58. The van der Waals surface area contributed by atoms with Gasteiger partial charge in [0.05, 0.1) is 6.20 Å². The molecule has 1 aliphatic rings. The first-order valence-electron chi connectivity index (χ1n) is 7.72. The fourth-order valence-corrected chi connectivity index (χ4v) is 3.04. The van der Waals surface area contributed by atoms with Crippen LogP contribution >= 0.6 is 0 Å². The van der Waals surface area contributed by atoms with Crippen molar-refractivity contribution in [2.45, 2.75) is 5.92 Å². The minimum atomic E-state index is -0.657. The van der Waals surface area contributed by atoms with Crippen LogP contribution in [-0.4, -0.2) is 44.4 Å². The molecule has 1 aromatic carbocycles. The number of carbonyl (C=O) groups excluding carboxylic acids is 2. The maximum absolute atomic E-state index is 13.8. The Hall–Kier alpha value is -3.29. The van der Waals surface area contributed by atoms with Crippen molar-refractivity contribution in [2.24, 2.45) is 5.73 Å². The Labute approximate surface area is 141 Å². The minimum Gasteiger partial charge on any atom is -0.365 e. The van der Waals surface area contributed by atoms with Crippen molar-refractivity contribution in [1.29, 1.82) is 0 Å². The molecule has 0 radical (unpaired) electrons. The SMILES string of the molecule is NC(=O)c1cnn2c(C(=O)N3CC(c4ccccc4F)C3)ccnc12. The molecule has 0 spiro atoms. The molecule has 0 atom stereocenters. The summed E-state index contributed by atoms with van der Waals surface area (Å²) in [6, 6.07) is 8.11. The van der Waals surface area contributed by atoms with Gasteiger partial charge in [0.15, 0.2) is 5.65 Å². The molecule has 2 amide bonds. The van der Waals surface area contributed by atoms with Gasteiger partial charge in [0.2, 0.25) is 0 Å². The third-order valence-corrected chi connectivity index (χ3v) is 4.40. The molecule has 0 bridgehead atoms. The van der Waals surface area contributed by atoms with E-state index in [9.17, 15) is 14.0 Å². The lowest BCUT2D eigenvalue weighted by atomic mass is 9.91. The molecule has 1 aliphatic heterocycles. The Morgan fingerprint density at radius 1 is 1.20 bits per heavy atom. The number of likely N-dealkylation sites (tertiary alicyclic amines) is 1. The van der Waals surface area contributed by atoms with Gasteiger partial charge in [-0.05, 0) is 17.7 Å². The standard InChI is InChI=1S/C17H14FN5O2/c18-13-4-2-1-3-11(13)10-8-22(9-10)17(25)14-5-6-20-16-12(15(19)24)7-21-23(14)16/h1-7,10H,8-9H2,(H2,19,24). The Bertz CT molecular complexity index is 994. The van der Waals surface area contributed by atoms with Crippen LogP contribution < -0.4 is 5.73 Å². The number of rotatable bonds is 3. The van der Waals surface area contributed by atoms with Crippen molar-refractivity contribution >= 4 is 17.5 Å². The van der Waals surface area contributed by atoms with Crippen molar-refractivity contribution in [3.63, 3.8) is 0 Å². The van der Waals surface area contributed by atoms with Gasteiger partial charge < -0.3 is 10.6 Å². The molecule has 2 N–H and O–H groups in total. The topological polar surface area (TPSA) is 93.6 Å². The van der Waals surface area contributed by atoms with Crippen LogP contribution in [0.1, 0.15) is 32.3 Å². The van der Waals surface area contributed by atoms with Crippen molar-refractivity contribution in [3.05, 3.63) is 65.4 Å². The van der Waals surface area contributed by atoms with Crippen LogP contribution in [0.4, 0.5) is 4.39 Å². The van der Waals surface area contributed by atoms with Gasteiger partial charge in [-0.2, -0.15) is 5.10 Å². The zero-order valence-electron chi connectivity index (χ0n) is 13.1. The first-order valence-corrected chi connectivity index (χ1v) is 7.72. The van der Waals surface area contributed by atoms with E-state index < -0.39 is 5.91 Å². The number of benzene rings is 1. The van der Waals surface area contributed by atoms with Crippen LogP contribution in [0.2, 0.25) is 0 Å². The zero-order chi connectivity index (χ0) is 17.6. The summed E-state index contributed by atoms with van der Waals surface area (Å²) in [4.78, 5) is 29.8. The molecule has 126 valence electrons. The molecule has 0 aliphatic carbocycles. The Morgan fingerprint density at radius 3 is 2.68 bits per heavy atom. The smallest absolute Gasteiger partial charge is 0.272 e. The van der Waals surface area contributed by atoms with Gasteiger partial charge >= 0.3 is 0 Å². The lowest BCUT2D eigenvalue weighted by molar-refractivity contribution is 0.0589. The predicted octanol–water partition coefficient (Wildman–Crippen LogP) is 1.21. The number of nitrogens with zero attached hydrogens (tertiary/aromatic N) is 4. The van der Waals surface area contributed by atoms with Gasteiger partial charge in [-0.15, -0.1) is 0 Å². The van der Waals surface area contributed by atoms with E-state index in [2.05, 4.69) is 10.1 Å². The fourth-order valence-electron chi connectivity index (χ4n) is 3.04. The molecule has 0 saturated carbocycles. The van der Waals surface area contributed by atoms with E-state index in [1.807, 2.05) is 0 Å². The summed E-state index contributed by atoms with van der Waals surface area (Å²) in [6.07, 6.45) is 2.73. The quantitative estimate of drug-likeness (QED) is 0.776. The Kier molecular flexibility index (Phi) is 3.45. The molecule has 25 heavy (non-hydrogen) atoms. The van der Waals surface area contributed by atoms with Crippen molar-refractivity contribution in [1.82, 2.24) is 19.5 Å². The third kappa shape index (κ3) is 2.42. The van der Waals surface area contributed by atoms with Crippen molar-refractivity contribution in [3.8, 4) is 0 Å². The number of primary amides is 1. The molecule has 3 heterocycles. The summed E-state index contributed by atoms with van der Waals surface area (Å²) in [6.45, 7) is 0.848. The first-order chi connectivity index (χ1) is 12.1. The highest BCUT2D eigenvalue weighted by atomic mass is 19.1. The molecular weight excluding hydrogens is 325 g/mol. The van der Waals surface area contributed by atoms with Gasteiger partial charge in [0.25, 0.3) is 11.8 Å². The van der Waals surface area contributed by atoms with E-state index in [1.165, 1.54) is 29.0 Å². The second kappa shape index (κ2) is 5.66.